The van der Waals surface area contributed by atoms with Gasteiger partial charge in [0.25, 0.3) is 0 Å². The normalized spacial score (nSPS) is 21.2. The summed E-state index contributed by atoms with van der Waals surface area (Å²) in [6, 6.07) is 16.2. The highest BCUT2D eigenvalue weighted by Gasteiger charge is 2.39. The summed E-state index contributed by atoms with van der Waals surface area (Å²) in [6.07, 6.45) is 4.51. The second kappa shape index (κ2) is 9.62. The lowest BCUT2D eigenvalue weighted by molar-refractivity contribution is -0.128. The van der Waals surface area contributed by atoms with E-state index in [-0.39, 0.29) is 23.5 Å². The molecular formula is C26H33ClN2O2. The number of nitrogens with one attached hydrogen (secondary N) is 1. The fourth-order valence-electron chi connectivity index (χ4n) is 4.92. The SMILES string of the molecule is CCC1(CC)CC(NC(=O)C2CCN(Cc3ccc(Cl)cc3)CC2)c2ccccc2O1. The smallest absolute Gasteiger partial charge is 0.223 e. The average Bonchev–Trinajstić information content (AvgIpc) is 2.81. The maximum atomic E-state index is 13.2. The first-order valence-corrected chi connectivity index (χ1v) is 11.9. The first kappa shape index (κ1) is 22.2. The lowest BCUT2D eigenvalue weighted by atomic mass is 9.83. The Kier molecular flexibility index (Phi) is 6.88. The maximum Gasteiger partial charge on any atom is 0.223 e. The molecule has 0 radical (unpaired) electrons. The Labute approximate surface area is 190 Å². The molecule has 0 spiro atoms. The summed E-state index contributed by atoms with van der Waals surface area (Å²) < 4.78 is 6.39. The molecule has 2 aromatic carbocycles. The first-order valence-electron chi connectivity index (χ1n) is 11.6. The molecule has 1 N–H and O–H groups in total. The van der Waals surface area contributed by atoms with Crippen molar-refractivity contribution in [1.29, 1.82) is 0 Å². The predicted octanol–water partition coefficient (Wildman–Crippen LogP) is 5.75. The summed E-state index contributed by atoms with van der Waals surface area (Å²) in [7, 11) is 0. The summed E-state index contributed by atoms with van der Waals surface area (Å²) in [5, 5.41) is 4.15. The Balaban J connectivity index is 1.36. The molecule has 31 heavy (non-hydrogen) atoms. The van der Waals surface area contributed by atoms with Crippen LogP contribution in [0.4, 0.5) is 0 Å². The number of hydrogen-bond acceptors (Lipinski definition) is 3. The number of benzene rings is 2. The number of ether oxygens (including phenoxy) is 1. The molecule has 2 aromatic rings. The van der Waals surface area contributed by atoms with Gasteiger partial charge < -0.3 is 10.1 Å². The molecule has 2 aliphatic rings. The molecule has 4 rings (SSSR count). The van der Waals surface area contributed by atoms with Gasteiger partial charge in [0, 0.05) is 29.5 Å². The molecule has 4 nitrogen and oxygen atoms in total. The molecule has 0 saturated carbocycles. The van der Waals surface area contributed by atoms with E-state index in [0.29, 0.717) is 0 Å². The third kappa shape index (κ3) is 5.07. The number of halogens is 1. The fourth-order valence-corrected chi connectivity index (χ4v) is 5.05. The van der Waals surface area contributed by atoms with Crippen molar-refractivity contribution >= 4 is 17.5 Å². The Hall–Kier alpha value is -2.04. The van der Waals surface area contributed by atoms with Gasteiger partial charge >= 0.3 is 0 Å². The number of piperidine rings is 1. The fraction of sp³-hybridized carbons (Fsp3) is 0.500. The highest BCUT2D eigenvalue weighted by Crippen LogP contribution is 2.42. The van der Waals surface area contributed by atoms with Crippen LogP contribution in [0.25, 0.3) is 0 Å². The molecule has 2 aliphatic heterocycles. The number of amides is 1. The van der Waals surface area contributed by atoms with E-state index in [2.05, 4.69) is 42.3 Å². The van der Waals surface area contributed by atoms with Crippen molar-refractivity contribution in [2.75, 3.05) is 13.1 Å². The minimum Gasteiger partial charge on any atom is -0.487 e. The zero-order valence-corrected chi connectivity index (χ0v) is 19.3. The van der Waals surface area contributed by atoms with Crippen LogP contribution in [0.2, 0.25) is 5.02 Å². The van der Waals surface area contributed by atoms with Crippen LogP contribution in [0.5, 0.6) is 5.75 Å². The van der Waals surface area contributed by atoms with Gasteiger partial charge in [-0.3, -0.25) is 9.69 Å². The van der Waals surface area contributed by atoms with Crippen molar-refractivity contribution in [3.8, 4) is 5.75 Å². The Morgan fingerprint density at radius 1 is 1.10 bits per heavy atom. The van der Waals surface area contributed by atoms with E-state index in [0.717, 1.165) is 68.1 Å². The maximum absolute atomic E-state index is 13.2. The van der Waals surface area contributed by atoms with Gasteiger partial charge in [-0.05, 0) is 62.5 Å². The van der Waals surface area contributed by atoms with Crippen molar-refractivity contribution < 1.29 is 9.53 Å². The molecule has 166 valence electrons. The predicted molar refractivity (Wildman–Crippen MR) is 125 cm³/mol. The van der Waals surface area contributed by atoms with Crippen molar-refractivity contribution in [3.05, 3.63) is 64.7 Å². The van der Waals surface area contributed by atoms with E-state index in [1.807, 2.05) is 30.3 Å². The largest absolute Gasteiger partial charge is 0.487 e. The second-order valence-corrected chi connectivity index (χ2v) is 9.41. The van der Waals surface area contributed by atoms with E-state index >= 15 is 0 Å². The topological polar surface area (TPSA) is 41.6 Å². The molecular weight excluding hydrogens is 408 g/mol. The van der Waals surface area contributed by atoms with Crippen LogP contribution < -0.4 is 10.1 Å². The first-order chi connectivity index (χ1) is 15.0. The quantitative estimate of drug-likeness (QED) is 0.621. The average molecular weight is 441 g/mol. The molecule has 1 saturated heterocycles. The van der Waals surface area contributed by atoms with Crippen LogP contribution in [0.3, 0.4) is 0 Å². The Morgan fingerprint density at radius 3 is 2.45 bits per heavy atom. The third-order valence-electron chi connectivity index (χ3n) is 7.08. The zero-order valence-electron chi connectivity index (χ0n) is 18.6. The van der Waals surface area contributed by atoms with Gasteiger partial charge in [0.1, 0.15) is 11.4 Å². The van der Waals surface area contributed by atoms with Crippen LogP contribution >= 0.6 is 11.6 Å². The van der Waals surface area contributed by atoms with Crippen LogP contribution in [0.1, 0.15) is 63.1 Å². The number of fused-ring (bicyclic) bond motifs is 1. The number of rotatable bonds is 6. The monoisotopic (exact) mass is 440 g/mol. The van der Waals surface area contributed by atoms with Crippen LogP contribution in [-0.2, 0) is 11.3 Å². The van der Waals surface area contributed by atoms with Crippen molar-refractivity contribution in [1.82, 2.24) is 10.2 Å². The molecule has 1 atom stereocenters. The van der Waals surface area contributed by atoms with E-state index in [1.54, 1.807) is 0 Å². The second-order valence-electron chi connectivity index (χ2n) is 8.97. The summed E-state index contributed by atoms with van der Waals surface area (Å²) in [6.45, 7) is 7.14. The lowest BCUT2D eigenvalue weighted by Crippen LogP contribution is -2.47. The highest BCUT2D eigenvalue weighted by atomic mass is 35.5. The molecule has 1 unspecified atom stereocenters. The summed E-state index contributed by atoms with van der Waals surface area (Å²) in [5.41, 5.74) is 2.17. The van der Waals surface area contributed by atoms with Gasteiger partial charge in [-0.2, -0.15) is 0 Å². The highest BCUT2D eigenvalue weighted by molar-refractivity contribution is 6.30. The molecule has 0 bridgehead atoms. The molecule has 1 fully saturated rings. The minimum atomic E-state index is -0.200. The van der Waals surface area contributed by atoms with Gasteiger partial charge in [0.2, 0.25) is 5.91 Å². The van der Waals surface area contributed by atoms with Crippen LogP contribution in [0.15, 0.2) is 48.5 Å². The number of carbonyl (C=O) groups excluding carboxylic acids is 1. The zero-order chi connectivity index (χ0) is 21.8. The van der Waals surface area contributed by atoms with Gasteiger partial charge in [0.15, 0.2) is 0 Å². The summed E-state index contributed by atoms with van der Waals surface area (Å²) in [5.74, 6) is 1.18. The van der Waals surface area contributed by atoms with Gasteiger partial charge in [0.05, 0.1) is 6.04 Å². The van der Waals surface area contributed by atoms with E-state index in [9.17, 15) is 4.79 Å². The Bertz CT molecular complexity index is 887. The van der Waals surface area contributed by atoms with Gasteiger partial charge in [-0.1, -0.05) is 55.8 Å². The number of likely N-dealkylation sites (tertiary alicyclic amines) is 1. The van der Waals surface area contributed by atoms with Crippen molar-refractivity contribution in [2.24, 2.45) is 5.92 Å². The van der Waals surface area contributed by atoms with Crippen molar-refractivity contribution in [2.45, 2.75) is 64.1 Å². The standard InChI is InChI=1S/C26H33ClN2O2/c1-3-26(4-2)17-23(22-7-5-6-8-24(22)31-26)28-25(30)20-13-15-29(16-14-20)18-19-9-11-21(27)12-10-19/h5-12,20,23H,3-4,13-18H2,1-2H3,(H,28,30). The van der Waals surface area contributed by atoms with E-state index in [4.69, 9.17) is 16.3 Å². The lowest BCUT2D eigenvalue weighted by Gasteiger charge is -2.42. The molecule has 5 heteroatoms. The molecule has 1 amide bonds. The molecule has 0 aliphatic carbocycles. The number of carbonyl (C=O) groups is 1. The van der Waals surface area contributed by atoms with E-state index < -0.39 is 0 Å². The Morgan fingerprint density at radius 2 is 1.77 bits per heavy atom. The van der Waals surface area contributed by atoms with Gasteiger partial charge in [-0.25, -0.2) is 0 Å². The molecule has 2 heterocycles. The van der Waals surface area contributed by atoms with Crippen molar-refractivity contribution in [3.63, 3.8) is 0 Å². The van der Waals surface area contributed by atoms with Crippen LogP contribution in [-0.4, -0.2) is 29.5 Å². The summed E-state index contributed by atoms with van der Waals surface area (Å²) >= 11 is 5.99. The van der Waals surface area contributed by atoms with Gasteiger partial charge in [-0.15, -0.1) is 0 Å². The summed E-state index contributed by atoms with van der Waals surface area (Å²) in [4.78, 5) is 15.6. The number of para-hydroxylation sites is 1. The minimum absolute atomic E-state index is 0.0180. The third-order valence-corrected chi connectivity index (χ3v) is 7.33. The number of nitrogens with zero attached hydrogens (tertiary/aromatic N) is 1. The van der Waals surface area contributed by atoms with E-state index in [1.165, 1.54) is 5.56 Å². The molecule has 0 aromatic heterocycles. The van der Waals surface area contributed by atoms with Crippen LogP contribution in [0, 0.1) is 5.92 Å². The number of hydrogen-bond donors (Lipinski definition) is 1.